The van der Waals surface area contributed by atoms with Gasteiger partial charge in [-0.2, -0.15) is 18.6 Å². The van der Waals surface area contributed by atoms with Gasteiger partial charge in [-0.05, 0) is 64.2 Å². The number of ether oxygens (including phenoxy) is 1. The Hall–Kier alpha value is -3.61. The van der Waals surface area contributed by atoms with Crippen molar-refractivity contribution in [2.24, 2.45) is 11.0 Å². The quantitative estimate of drug-likeness (QED) is 0.316. The van der Waals surface area contributed by atoms with E-state index in [1.54, 1.807) is 58.2 Å². The minimum atomic E-state index is -3.85. The van der Waals surface area contributed by atoms with E-state index in [4.69, 9.17) is 4.74 Å². The number of imidazole rings is 1. The van der Waals surface area contributed by atoms with E-state index in [2.05, 4.69) is 25.3 Å². The Kier molecular flexibility index (Phi) is 7.92. The van der Waals surface area contributed by atoms with Gasteiger partial charge in [0.15, 0.2) is 5.65 Å². The minimum absolute atomic E-state index is 0.123. The summed E-state index contributed by atoms with van der Waals surface area (Å²) in [5.41, 5.74) is 1.19. The highest BCUT2D eigenvalue weighted by molar-refractivity contribution is 7.89. The average Bonchev–Trinajstić information content (AvgIpc) is 3.25. The van der Waals surface area contributed by atoms with Crippen molar-refractivity contribution in [1.29, 1.82) is 0 Å². The topological polar surface area (TPSA) is 127 Å². The number of sulfonamides is 1. The average molecular weight is 563 g/mol. The summed E-state index contributed by atoms with van der Waals surface area (Å²) in [6, 6.07) is 7.53. The van der Waals surface area contributed by atoms with Crippen LogP contribution >= 0.6 is 0 Å². The molecule has 13 heteroatoms. The van der Waals surface area contributed by atoms with Crippen LogP contribution in [0.2, 0.25) is 0 Å². The molecule has 1 aliphatic carbocycles. The van der Waals surface area contributed by atoms with E-state index in [9.17, 15) is 22.0 Å². The molecule has 210 valence electrons. The first-order valence-corrected chi connectivity index (χ1v) is 14.0. The molecule has 2 aromatic heterocycles. The summed E-state index contributed by atoms with van der Waals surface area (Å²) in [4.78, 5) is 19.5. The van der Waals surface area contributed by atoms with Gasteiger partial charge in [0.05, 0.1) is 35.2 Å². The lowest BCUT2D eigenvalue weighted by Gasteiger charge is -2.33. The maximum absolute atomic E-state index is 13.8. The molecule has 1 fully saturated rings. The number of carbonyl (C=O) groups is 1. The number of nitrogens with zero attached hydrogens (tertiary/aromatic N) is 4. The fourth-order valence-corrected chi connectivity index (χ4v) is 5.51. The molecule has 1 aliphatic rings. The van der Waals surface area contributed by atoms with Crippen molar-refractivity contribution in [2.75, 3.05) is 0 Å². The van der Waals surface area contributed by atoms with E-state index in [-0.39, 0.29) is 36.5 Å². The maximum Gasteiger partial charge on any atom is 0.408 e. The van der Waals surface area contributed by atoms with E-state index < -0.39 is 33.7 Å². The van der Waals surface area contributed by atoms with Crippen molar-refractivity contribution in [1.82, 2.24) is 24.7 Å². The molecule has 0 radical (unpaired) electrons. The number of aryl methyl sites for hydroxylation is 1. The van der Waals surface area contributed by atoms with Crippen LogP contribution in [0.25, 0.3) is 5.65 Å². The number of hydrogen-bond donors (Lipinski definition) is 2. The first kappa shape index (κ1) is 28.4. The molecule has 0 bridgehead atoms. The number of carbonyl (C=O) groups excluding carboxylic acids is 1. The minimum Gasteiger partial charge on any atom is -0.444 e. The molecule has 10 nitrogen and oxygen atoms in total. The Labute approximate surface area is 225 Å². The van der Waals surface area contributed by atoms with Crippen LogP contribution in [0.3, 0.4) is 0 Å². The normalized spacial score (nSPS) is 17.3. The summed E-state index contributed by atoms with van der Waals surface area (Å²) in [7, 11) is -3.85. The molecule has 0 unspecified atom stereocenters. The Morgan fingerprint density at radius 2 is 1.95 bits per heavy atom. The highest BCUT2D eigenvalue weighted by Gasteiger charge is 2.39. The lowest BCUT2D eigenvalue weighted by molar-refractivity contribution is -0.0500. The van der Waals surface area contributed by atoms with Crippen molar-refractivity contribution < 1.29 is 26.7 Å². The van der Waals surface area contributed by atoms with Gasteiger partial charge >= 0.3 is 6.09 Å². The molecule has 39 heavy (non-hydrogen) atoms. The molecule has 0 spiro atoms. The molecule has 4 rings (SSSR count). The summed E-state index contributed by atoms with van der Waals surface area (Å²) in [5.74, 6) is -2.98. The third-order valence-electron chi connectivity index (χ3n) is 6.35. The van der Waals surface area contributed by atoms with Crippen molar-refractivity contribution in [2.45, 2.75) is 75.8 Å². The standard InChI is InChI=1S/C26H32F2N6O4S/c1-17-7-5-6-8-21(17)39(36,37)33-29-14-18-13-22-31-20(16-34(22)30-15-18)23(32-24(35)38-25(2,3)4)19-9-11-26(27,28)12-10-19/h5-8,13-16,19,23,33H,9-12H2,1-4H3,(H,32,35)/b29-14+/t23-/m0/s1. The summed E-state index contributed by atoms with van der Waals surface area (Å²) in [6.07, 6.45) is 3.64. The summed E-state index contributed by atoms with van der Waals surface area (Å²) >= 11 is 0. The Bertz CT molecular complexity index is 1470. The maximum atomic E-state index is 13.8. The lowest BCUT2D eigenvalue weighted by Crippen LogP contribution is -2.40. The number of rotatable bonds is 7. The van der Waals surface area contributed by atoms with E-state index >= 15 is 0 Å². The number of amides is 1. The Morgan fingerprint density at radius 3 is 2.62 bits per heavy atom. The van der Waals surface area contributed by atoms with Crippen molar-refractivity contribution >= 4 is 28.0 Å². The number of aromatic nitrogens is 3. The smallest absolute Gasteiger partial charge is 0.408 e. The van der Waals surface area contributed by atoms with Gasteiger partial charge in [-0.15, -0.1) is 0 Å². The van der Waals surface area contributed by atoms with Gasteiger partial charge in [0, 0.05) is 18.4 Å². The molecule has 3 aromatic rings. The fourth-order valence-electron chi connectivity index (χ4n) is 4.47. The van der Waals surface area contributed by atoms with Crippen LogP contribution in [-0.4, -0.2) is 46.8 Å². The second-order valence-electron chi connectivity index (χ2n) is 10.7. The number of alkyl halides is 2. The van der Waals surface area contributed by atoms with Crippen molar-refractivity contribution in [3.8, 4) is 0 Å². The predicted molar refractivity (Wildman–Crippen MR) is 141 cm³/mol. The highest BCUT2D eigenvalue weighted by atomic mass is 32.2. The molecule has 1 aromatic carbocycles. The highest BCUT2D eigenvalue weighted by Crippen LogP contribution is 2.41. The first-order chi connectivity index (χ1) is 18.2. The molecule has 1 amide bonds. The van der Waals surface area contributed by atoms with Crippen LogP contribution in [0.4, 0.5) is 13.6 Å². The molecule has 2 N–H and O–H groups in total. The lowest BCUT2D eigenvalue weighted by atomic mass is 9.81. The molecule has 0 aliphatic heterocycles. The van der Waals surface area contributed by atoms with Crippen LogP contribution in [0.15, 0.2) is 52.7 Å². The Balaban J connectivity index is 1.55. The fraction of sp³-hybridized carbons (Fsp3) is 0.462. The van der Waals surface area contributed by atoms with Crippen LogP contribution in [-0.2, 0) is 14.8 Å². The van der Waals surface area contributed by atoms with Gasteiger partial charge in [0.2, 0.25) is 5.92 Å². The van der Waals surface area contributed by atoms with Crippen LogP contribution in [0.1, 0.15) is 69.3 Å². The van der Waals surface area contributed by atoms with E-state index in [0.717, 1.165) is 0 Å². The zero-order valence-corrected chi connectivity index (χ0v) is 23.0. The van der Waals surface area contributed by atoms with Gasteiger partial charge in [-0.3, -0.25) is 0 Å². The molecule has 1 atom stereocenters. The van der Waals surface area contributed by atoms with Crippen LogP contribution in [0.5, 0.6) is 0 Å². The van der Waals surface area contributed by atoms with E-state index in [1.165, 1.54) is 23.0 Å². The number of alkyl carbamates (subject to hydrolysis) is 1. The number of hydrazone groups is 1. The predicted octanol–water partition coefficient (Wildman–Crippen LogP) is 4.74. The summed E-state index contributed by atoms with van der Waals surface area (Å²) < 4.78 is 59.7. The number of nitrogens with one attached hydrogen (secondary N) is 2. The van der Waals surface area contributed by atoms with Gasteiger partial charge in [-0.1, -0.05) is 18.2 Å². The van der Waals surface area contributed by atoms with Gasteiger partial charge in [0.1, 0.15) is 5.60 Å². The third kappa shape index (κ3) is 7.28. The van der Waals surface area contributed by atoms with Crippen LogP contribution in [0, 0.1) is 12.8 Å². The van der Waals surface area contributed by atoms with E-state index in [0.29, 0.717) is 22.5 Å². The Morgan fingerprint density at radius 1 is 1.26 bits per heavy atom. The molecule has 0 saturated heterocycles. The third-order valence-corrected chi connectivity index (χ3v) is 7.74. The summed E-state index contributed by atoms with van der Waals surface area (Å²) in [6.45, 7) is 6.90. The number of halogens is 2. The van der Waals surface area contributed by atoms with Gasteiger partial charge in [-0.25, -0.2) is 27.9 Å². The van der Waals surface area contributed by atoms with Crippen LogP contribution < -0.4 is 10.1 Å². The molecular weight excluding hydrogens is 530 g/mol. The first-order valence-electron chi connectivity index (χ1n) is 12.6. The molecular formula is C26H32F2N6O4S. The van der Waals surface area contributed by atoms with E-state index in [1.807, 2.05) is 0 Å². The van der Waals surface area contributed by atoms with Crippen molar-refractivity contribution in [3.05, 3.63) is 59.5 Å². The molecule has 1 saturated carbocycles. The zero-order chi connectivity index (χ0) is 28.4. The van der Waals surface area contributed by atoms with Crippen molar-refractivity contribution in [3.63, 3.8) is 0 Å². The number of hydrogen-bond acceptors (Lipinski definition) is 7. The number of benzene rings is 1. The monoisotopic (exact) mass is 562 g/mol. The summed E-state index contributed by atoms with van der Waals surface area (Å²) in [5, 5.41) is 11.0. The zero-order valence-electron chi connectivity index (χ0n) is 22.2. The second kappa shape index (κ2) is 10.9. The second-order valence-corrected chi connectivity index (χ2v) is 12.3. The SMILES string of the molecule is Cc1ccccc1S(=O)(=O)N/N=C/c1cnn2cc([C@@H](NC(=O)OC(C)(C)C)C3CCC(F)(F)CC3)nc2c1. The molecule has 2 heterocycles. The number of fused-ring (bicyclic) bond motifs is 1. The van der Waals surface area contributed by atoms with Gasteiger partial charge < -0.3 is 10.1 Å². The van der Waals surface area contributed by atoms with Gasteiger partial charge in [0.25, 0.3) is 10.0 Å². The largest absolute Gasteiger partial charge is 0.444 e.